The van der Waals surface area contributed by atoms with Crippen LogP contribution in [0, 0.1) is 5.82 Å². The van der Waals surface area contributed by atoms with Crippen molar-refractivity contribution in [2.45, 2.75) is 26.7 Å². The zero-order valence-electron chi connectivity index (χ0n) is 9.59. The van der Waals surface area contributed by atoms with Crippen LogP contribution in [0.1, 0.15) is 32.3 Å². The summed E-state index contributed by atoms with van der Waals surface area (Å²) in [5.41, 5.74) is 2.52. The van der Waals surface area contributed by atoms with Crippen LogP contribution in [0.3, 0.4) is 0 Å². The SMILES string of the molecule is CC1=CCCC(C)=C(c2ccc(F)cc2)S1. The number of halogens is 1. The molecule has 2 rings (SSSR count). The number of rotatable bonds is 1. The lowest BCUT2D eigenvalue weighted by Gasteiger charge is -2.09. The fourth-order valence-corrected chi connectivity index (χ4v) is 2.86. The molecule has 0 aliphatic carbocycles. The number of hydrogen-bond acceptors (Lipinski definition) is 1. The van der Waals surface area contributed by atoms with Crippen LogP contribution in [0.25, 0.3) is 4.91 Å². The van der Waals surface area contributed by atoms with Gasteiger partial charge in [0.1, 0.15) is 5.82 Å². The first-order chi connectivity index (χ1) is 7.66. The smallest absolute Gasteiger partial charge is 0.123 e. The zero-order valence-corrected chi connectivity index (χ0v) is 10.4. The van der Waals surface area contributed by atoms with E-state index < -0.39 is 0 Å². The number of benzene rings is 1. The van der Waals surface area contributed by atoms with Crippen molar-refractivity contribution < 1.29 is 4.39 Å². The van der Waals surface area contributed by atoms with Gasteiger partial charge in [0, 0.05) is 4.91 Å². The summed E-state index contributed by atoms with van der Waals surface area (Å²) in [7, 11) is 0. The third-order valence-corrected chi connectivity index (χ3v) is 3.99. The van der Waals surface area contributed by atoms with Crippen molar-refractivity contribution in [3.63, 3.8) is 0 Å². The maximum atomic E-state index is 12.9. The first kappa shape index (κ1) is 11.5. The van der Waals surface area contributed by atoms with Gasteiger partial charge in [0.05, 0.1) is 0 Å². The van der Waals surface area contributed by atoms with Gasteiger partial charge in [-0.05, 0) is 49.3 Å². The molecule has 1 aromatic carbocycles. The molecule has 0 bridgehead atoms. The molecule has 0 radical (unpaired) electrons. The van der Waals surface area contributed by atoms with E-state index in [2.05, 4.69) is 19.9 Å². The molecular formula is C14H15FS. The predicted octanol–water partition coefficient (Wildman–Crippen LogP) is 4.99. The Kier molecular flexibility index (Phi) is 3.49. The molecule has 1 aliphatic rings. The third-order valence-electron chi connectivity index (χ3n) is 2.71. The number of hydrogen-bond donors (Lipinski definition) is 0. The van der Waals surface area contributed by atoms with Crippen LogP contribution < -0.4 is 0 Å². The van der Waals surface area contributed by atoms with Gasteiger partial charge in [-0.1, -0.05) is 35.5 Å². The summed E-state index contributed by atoms with van der Waals surface area (Å²) in [6.45, 7) is 4.30. The minimum Gasteiger partial charge on any atom is -0.207 e. The third kappa shape index (κ3) is 2.56. The Labute approximate surface area is 100 Å². The van der Waals surface area contributed by atoms with Crippen molar-refractivity contribution in [1.29, 1.82) is 0 Å². The lowest BCUT2D eigenvalue weighted by atomic mass is 10.1. The molecular weight excluding hydrogens is 219 g/mol. The van der Waals surface area contributed by atoms with Crippen LogP contribution in [0.2, 0.25) is 0 Å². The first-order valence-electron chi connectivity index (χ1n) is 5.47. The molecule has 1 heterocycles. The average Bonchev–Trinajstić information content (AvgIpc) is 2.42. The Balaban J connectivity index is 2.37. The standard InChI is InChI=1S/C14H15FS/c1-10-4-3-5-11(2)16-14(10)12-6-8-13(15)9-7-12/h5-9H,3-4H2,1-2H3. The lowest BCUT2D eigenvalue weighted by Crippen LogP contribution is -1.85. The second-order valence-corrected chi connectivity index (χ2v) is 5.33. The van der Waals surface area contributed by atoms with Crippen molar-refractivity contribution in [3.05, 3.63) is 52.2 Å². The quantitative estimate of drug-likeness (QED) is 0.659. The summed E-state index contributed by atoms with van der Waals surface area (Å²) in [6, 6.07) is 6.78. The van der Waals surface area contributed by atoms with E-state index in [1.54, 1.807) is 11.8 Å². The van der Waals surface area contributed by atoms with Crippen LogP contribution in [0.5, 0.6) is 0 Å². The Morgan fingerprint density at radius 1 is 1.12 bits per heavy atom. The van der Waals surface area contributed by atoms with Crippen LogP contribution in [0.4, 0.5) is 4.39 Å². The highest BCUT2D eigenvalue weighted by atomic mass is 32.2. The Morgan fingerprint density at radius 2 is 1.81 bits per heavy atom. The Hall–Kier alpha value is -1.02. The molecule has 0 saturated carbocycles. The molecule has 0 unspecified atom stereocenters. The summed E-state index contributed by atoms with van der Waals surface area (Å²) in [4.78, 5) is 2.61. The summed E-state index contributed by atoms with van der Waals surface area (Å²) >= 11 is 1.79. The lowest BCUT2D eigenvalue weighted by molar-refractivity contribution is 0.627. The van der Waals surface area contributed by atoms with Gasteiger partial charge in [0.25, 0.3) is 0 Å². The van der Waals surface area contributed by atoms with Gasteiger partial charge < -0.3 is 0 Å². The van der Waals surface area contributed by atoms with Crippen LogP contribution in [-0.2, 0) is 0 Å². The molecule has 0 spiro atoms. The fraction of sp³-hybridized carbons (Fsp3) is 0.286. The number of thioether (sulfide) groups is 1. The topological polar surface area (TPSA) is 0 Å². The monoisotopic (exact) mass is 234 g/mol. The van der Waals surface area contributed by atoms with E-state index in [1.165, 1.54) is 27.5 Å². The van der Waals surface area contributed by atoms with Gasteiger partial charge in [0.2, 0.25) is 0 Å². The highest BCUT2D eigenvalue weighted by molar-refractivity contribution is 8.11. The Bertz CT molecular complexity index is 440. The van der Waals surface area contributed by atoms with Crippen LogP contribution in [0.15, 0.2) is 40.8 Å². The molecule has 0 fully saturated rings. The highest BCUT2D eigenvalue weighted by Crippen LogP contribution is 2.39. The molecule has 0 nitrogen and oxygen atoms in total. The second kappa shape index (κ2) is 4.88. The van der Waals surface area contributed by atoms with Crippen molar-refractivity contribution in [2.75, 3.05) is 0 Å². The van der Waals surface area contributed by atoms with E-state index in [-0.39, 0.29) is 5.82 Å². The number of allylic oxidation sites excluding steroid dienone is 3. The summed E-state index contributed by atoms with van der Waals surface area (Å²) in [5, 5.41) is 0. The van der Waals surface area contributed by atoms with Gasteiger partial charge >= 0.3 is 0 Å². The van der Waals surface area contributed by atoms with E-state index in [4.69, 9.17) is 0 Å². The normalized spacial score (nSPS) is 17.1. The second-order valence-electron chi connectivity index (χ2n) is 4.07. The van der Waals surface area contributed by atoms with E-state index in [0.717, 1.165) is 18.4 Å². The van der Waals surface area contributed by atoms with E-state index in [1.807, 2.05) is 12.1 Å². The molecule has 0 aromatic heterocycles. The van der Waals surface area contributed by atoms with Crippen molar-refractivity contribution in [3.8, 4) is 0 Å². The van der Waals surface area contributed by atoms with Crippen LogP contribution >= 0.6 is 11.8 Å². The van der Waals surface area contributed by atoms with Crippen LogP contribution in [-0.4, -0.2) is 0 Å². The summed E-state index contributed by atoms with van der Waals surface area (Å²) in [5.74, 6) is -0.173. The minimum atomic E-state index is -0.173. The van der Waals surface area contributed by atoms with Gasteiger partial charge in [-0.15, -0.1) is 0 Å². The fourth-order valence-electron chi connectivity index (χ4n) is 1.80. The van der Waals surface area contributed by atoms with Gasteiger partial charge in [-0.3, -0.25) is 0 Å². The van der Waals surface area contributed by atoms with Gasteiger partial charge in [-0.25, -0.2) is 4.39 Å². The van der Waals surface area contributed by atoms with Crippen molar-refractivity contribution in [2.24, 2.45) is 0 Å². The Morgan fingerprint density at radius 3 is 2.50 bits per heavy atom. The van der Waals surface area contributed by atoms with Gasteiger partial charge in [0.15, 0.2) is 0 Å². The molecule has 1 aliphatic heterocycles. The minimum absolute atomic E-state index is 0.173. The van der Waals surface area contributed by atoms with E-state index >= 15 is 0 Å². The predicted molar refractivity (Wildman–Crippen MR) is 69.6 cm³/mol. The van der Waals surface area contributed by atoms with E-state index in [9.17, 15) is 4.39 Å². The maximum absolute atomic E-state index is 12.9. The average molecular weight is 234 g/mol. The van der Waals surface area contributed by atoms with Crippen molar-refractivity contribution >= 4 is 16.7 Å². The molecule has 0 saturated heterocycles. The molecule has 16 heavy (non-hydrogen) atoms. The highest BCUT2D eigenvalue weighted by Gasteiger charge is 2.10. The maximum Gasteiger partial charge on any atom is 0.123 e. The summed E-state index contributed by atoms with van der Waals surface area (Å²) < 4.78 is 12.9. The molecule has 0 amide bonds. The zero-order chi connectivity index (χ0) is 11.5. The molecule has 0 atom stereocenters. The van der Waals surface area contributed by atoms with Gasteiger partial charge in [-0.2, -0.15) is 0 Å². The molecule has 1 aromatic rings. The summed E-state index contributed by atoms with van der Waals surface area (Å²) in [6.07, 6.45) is 4.47. The van der Waals surface area contributed by atoms with E-state index in [0.29, 0.717) is 0 Å². The molecule has 84 valence electrons. The largest absolute Gasteiger partial charge is 0.207 e. The van der Waals surface area contributed by atoms with Crippen molar-refractivity contribution in [1.82, 2.24) is 0 Å². The molecule has 0 N–H and O–H groups in total. The molecule has 2 heteroatoms. The first-order valence-corrected chi connectivity index (χ1v) is 6.29.